The van der Waals surface area contributed by atoms with Gasteiger partial charge in [-0.15, -0.1) is 12.4 Å². The topological polar surface area (TPSA) is 64.2 Å². The molecule has 0 aliphatic heterocycles. The third-order valence-electron chi connectivity index (χ3n) is 1.38. The van der Waals surface area contributed by atoms with Gasteiger partial charge in [0.2, 0.25) is 0 Å². The van der Waals surface area contributed by atoms with Gasteiger partial charge in [0.1, 0.15) is 5.75 Å². The van der Waals surface area contributed by atoms with Crippen LogP contribution in [0.2, 0.25) is 0 Å². The van der Waals surface area contributed by atoms with Gasteiger partial charge in [-0.2, -0.15) is 5.26 Å². The van der Waals surface area contributed by atoms with Crippen molar-refractivity contribution in [1.29, 1.82) is 5.26 Å². The molecule has 3 nitrogen and oxygen atoms in total. The lowest BCUT2D eigenvalue weighted by atomic mass is 10.1. The number of rotatable bonds is 1. The van der Waals surface area contributed by atoms with Crippen molar-refractivity contribution >= 4 is 12.4 Å². The standard InChI is InChI=1S/C8H7NO2.ClH/c9-4-6-1-2-7(5-10)8(11)3-6;/h1-3,10-11H,5H2;1H. The number of hydrogen-bond acceptors (Lipinski definition) is 3. The fourth-order valence-electron chi connectivity index (χ4n) is 0.767. The highest BCUT2D eigenvalue weighted by atomic mass is 35.5. The average Bonchev–Trinajstić information content (AvgIpc) is 2.04. The molecule has 0 amide bonds. The van der Waals surface area contributed by atoms with Gasteiger partial charge in [0.05, 0.1) is 18.2 Å². The van der Waals surface area contributed by atoms with Gasteiger partial charge < -0.3 is 10.2 Å². The van der Waals surface area contributed by atoms with Crippen molar-refractivity contribution in [3.63, 3.8) is 0 Å². The predicted molar refractivity (Wildman–Crippen MR) is 46.0 cm³/mol. The molecule has 0 aliphatic rings. The molecule has 0 atom stereocenters. The molecule has 12 heavy (non-hydrogen) atoms. The molecule has 0 aromatic heterocycles. The first kappa shape index (κ1) is 10.8. The fourth-order valence-corrected chi connectivity index (χ4v) is 0.767. The minimum absolute atomic E-state index is 0. The molecule has 1 aromatic rings. The van der Waals surface area contributed by atoms with E-state index in [1.807, 2.05) is 6.07 Å². The van der Waals surface area contributed by atoms with Crippen LogP contribution >= 0.6 is 12.4 Å². The number of aromatic hydroxyl groups is 1. The molecule has 0 unspecified atom stereocenters. The van der Waals surface area contributed by atoms with Crippen molar-refractivity contribution in [2.75, 3.05) is 0 Å². The SMILES string of the molecule is Cl.N#Cc1ccc(CO)c(O)c1. The monoisotopic (exact) mass is 185 g/mol. The van der Waals surface area contributed by atoms with E-state index in [0.29, 0.717) is 11.1 Å². The second-order valence-electron chi connectivity index (χ2n) is 2.11. The summed E-state index contributed by atoms with van der Waals surface area (Å²) in [5.41, 5.74) is 0.823. The molecule has 0 fully saturated rings. The minimum Gasteiger partial charge on any atom is -0.508 e. The minimum atomic E-state index is -0.211. The maximum absolute atomic E-state index is 9.11. The van der Waals surface area contributed by atoms with Crippen LogP contribution in [-0.4, -0.2) is 10.2 Å². The van der Waals surface area contributed by atoms with Crippen molar-refractivity contribution in [3.05, 3.63) is 29.3 Å². The molecule has 1 aromatic carbocycles. The summed E-state index contributed by atoms with van der Waals surface area (Å²) in [6.45, 7) is -0.211. The normalized spacial score (nSPS) is 8.33. The summed E-state index contributed by atoms with van der Waals surface area (Å²) in [6, 6.07) is 6.27. The van der Waals surface area contributed by atoms with Crippen molar-refractivity contribution in [2.45, 2.75) is 6.61 Å². The Morgan fingerprint density at radius 2 is 2.08 bits per heavy atom. The summed E-state index contributed by atoms with van der Waals surface area (Å²) in [6.07, 6.45) is 0. The summed E-state index contributed by atoms with van der Waals surface area (Å²) in [5.74, 6) is -0.0356. The van der Waals surface area contributed by atoms with E-state index in [1.165, 1.54) is 12.1 Å². The number of halogens is 1. The molecule has 0 saturated heterocycles. The van der Waals surface area contributed by atoms with Gasteiger partial charge in [0.25, 0.3) is 0 Å². The largest absolute Gasteiger partial charge is 0.508 e. The van der Waals surface area contributed by atoms with Crippen LogP contribution in [0.1, 0.15) is 11.1 Å². The number of phenols is 1. The fraction of sp³-hybridized carbons (Fsp3) is 0.125. The molecule has 0 heterocycles. The van der Waals surface area contributed by atoms with Gasteiger partial charge >= 0.3 is 0 Å². The lowest BCUT2D eigenvalue weighted by Crippen LogP contribution is -1.84. The zero-order valence-electron chi connectivity index (χ0n) is 6.19. The van der Waals surface area contributed by atoms with Crippen LogP contribution in [0.4, 0.5) is 0 Å². The summed E-state index contributed by atoms with van der Waals surface area (Å²) in [5, 5.41) is 26.2. The van der Waals surface area contributed by atoms with Crippen LogP contribution in [0.3, 0.4) is 0 Å². The quantitative estimate of drug-likeness (QED) is 0.691. The maximum atomic E-state index is 9.11. The molecule has 0 aliphatic carbocycles. The zero-order valence-corrected chi connectivity index (χ0v) is 7.01. The van der Waals surface area contributed by atoms with E-state index in [-0.39, 0.29) is 24.8 Å². The van der Waals surface area contributed by atoms with E-state index in [1.54, 1.807) is 6.07 Å². The van der Waals surface area contributed by atoms with E-state index < -0.39 is 0 Å². The Kier molecular flexibility index (Phi) is 4.12. The number of nitriles is 1. The molecule has 64 valence electrons. The number of nitrogens with zero attached hydrogens (tertiary/aromatic N) is 1. The third-order valence-corrected chi connectivity index (χ3v) is 1.38. The third kappa shape index (κ3) is 2.12. The molecule has 0 bridgehead atoms. The molecule has 2 N–H and O–H groups in total. The van der Waals surface area contributed by atoms with Gasteiger partial charge in [-0.25, -0.2) is 0 Å². The lowest BCUT2D eigenvalue weighted by Gasteiger charge is -1.98. The smallest absolute Gasteiger partial charge is 0.122 e. The Labute approximate surface area is 76.3 Å². The molecular formula is C8H8ClNO2. The van der Waals surface area contributed by atoms with E-state index in [0.717, 1.165) is 0 Å². The first-order valence-corrected chi connectivity index (χ1v) is 3.11. The second-order valence-corrected chi connectivity index (χ2v) is 2.11. The molecule has 0 saturated carbocycles. The van der Waals surface area contributed by atoms with Crippen LogP contribution < -0.4 is 0 Å². The Morgan fingerprint density at radius 1 is 1.42 bits per heavy atom. The van der Waals surface area contributed by atoms with E-state index in [4.69, 9.17) is 15.5 Å². The molecular weight excluding hydrogens is 178 g/mol. The highest BCUT2D eigenvalue weighted by Gasteiger charge is 1.99. The van der Waals surface area contributed by atoms with E-state index >= 15 is 0 Å². The Morgan fingerprint density at radius 3 is 2.50 bits per heavy atom. The van der Waals surface area contributed by atoms with Gasteiger partial charge in [-0.05, 0) is 12.1 Å². The summed E-state index contributed by atoms with van der Waals surface area (Å²) in [7, 11) is 0. The molecule has 4 heteroatoms. The van der Waals surface area contributed by atoms with Crippen LogP contribution in [0.25, 0.3) is 0 Å². The Bertz CT molecular complexity index is 306. The first-order chi connectivity index (χ1) is 5.27. The maximum Gasteiger partial charge on any atom is 0.122 e. The number of benzene rings is 1. The van der Waals surface area contributed by atoms with Gasteiger partial charge in [-0.1, -0.05) is 6.07 Å². The van der Waals surface area contributed by atoms with Gasteiger partial charge in [0.15, 0.2) is 0 Å². The van der Waals surface area contributed by atoms with Crippen molar-refractivity contribution in [3.8, 4) is 11.8 Å². The summed E-state index contributed by atoms with van der Waals surface area (Å²) < 4.78 is 0. The molecule has 0 spiro atoms. The van der Waals surface area contributed by atoms with Crippen molar-refractivity contribution in [1.82, 2.24) is 0 Å². The zero-order chi connectivity index (χ0) is 8.27. The van der Waals surface area contributed by atoms with Crippen LogP contribution in [-0.2, 0) is 6.61 Å². The van der Waals surface area contributed by atoms with Crippen LogP contribution in [0, 0.1) is 11.3 Å². The highest BCUT2D eigenvalue weighted by molar-refractivity contribution is 5.85. The van der Waals surface area contributed by atoms with Gasteiger partial charge in [0, 0.05) is 5.56 Å². The highest BCUT2D eigenvalue weighted by Crippen LogP contribution is 2.17. The van der Waals surface area contributed by atoms with Crippen molar-refractivity contribution < 1.29 is 10.2 Å². The van der Waals surface area contributed by atoms with Crippen LogP contribution in [0.5, 0.6) is 5.75 Å². The summed E-state index contributed by atoms with van der Waals surface area (Å²) >= 11 is 0. The molecule has 0 radical (unpaired) electrons. The predicted octanol–water partition coefficient (Wildman–Crippen LogP) is 1.18. The Balaban J connectivity index is 0.00000121. The first-order valence-electron chi connectivity index (χ1n) is 3.11. The van der Waals surface area contributed by atoms with Gasteiger partial charge in [-0.3, -0.25) is 0 Å². The Hall–Kier alpha value is -1.24. The number of aliphatic hydroxyl groups is 1. The van der Waals surface area contributed by atoms with E-state index in [9.17, 15) is 0 Å². The van der Waals surface area contributed by atoms with E-state index in [2.05, 4.69) is 0 Å². The molecule has 1 rings (SSSR count). The summed E-state index contributed by atoms with van der Waals surface area (Å²) in [4.78, 5) is 0. The number of hydrogen-bond donors (Lipinski definition) is 2. The second kappa shape index (κ2) is 4.60. The lowest BCUT2D eigenvalue weighted by molar-refractivity contribution is 0.275. The van der Waals surface area contributed by atoms with Crippen LogP contribution in [0.15, 0.2) is 18.2 Å². The van der Waals surface area contributed by atoms with Crippen molar-refractivity contribution in [2.24, 2.45) is 0 Å². The average molecular weight is 186 g/mol. The number of aliphatic hydroxyl groups excluding tert-OH is 1.